The first-order valence-corrected chi connectivity index (χ1v) is 6.23. The lowest BCUT2D eigenvalue weighted by atomic mass is 9.84. The average molecular weight is 211 g/mol. The molecule has 78 valence electrons. The summed E-state index contributed by atoms with van der Waals surface area (Å²) in [5, 5.41) is 13.1. The average Bonchev–Trinajstić information content (AvgIpc) is 2.56. The topological polar surface area (TPSA) is 33.1 Å². The van der Waals surface area contributed by atoms with Crippen LogP contribution in [0, 0.1) is 12.8 Å². The van der Waals surface area contributed by atoms with Crippen LogP contribution < -0.4 is 0 Å². The van der Waals surface area contributed by atoms with Crippen molar-refractivity contribution in [2.75, 3.05) is 0 Å². The van der Waals surface area contributed by atoms with E-state index in [0.717, 1.165) is 24.3 Å². The Hall–Kier alpha value is -0.410. The molecule has 0 aromatic carbocycles. The van der Waals surface area contributed by atoms with Gasteiger partial charge in [-0.05, 0) is 32.1 Å². The summed E-state index contributed by atoms with van der Waals surface area (Å²) in [7, 11) is 0. The fourth-order valence-corrected chi connectivity index (χ4v) is 2.82. The van der Waals surface area contributed by atoms with Crippen molar-refractivity contribution in [2.45, 2.75) is 45.1 Å². The molecule has 0 radical (unpaired) electrons. The molecular weight excluding hydrogens is 194 g/mol. The zero-order chi connectivity index (χ0) is 9.97. The van der Waals surface area contributed by atoms with Crippen molar-refractivity contribution in [2.24, 2.45) is 5.92 Å². The lowest BCUT2D eigenvalue weighted by Crippen LogP contribution is -2.26. The molecule has 1 fully saturated rings. The molecule has 2 nitrogen and oxygen atoms in total. The third-order valence-electron chi connectivity index (χ3n) is 3.01. The Kier molecular flexibility index (Phi) is 3.19. The summed E-state index contributed by atoms with van der Waals surface area (Å²) in [6.07, 6.45) is 5.47. The van der Waals surface area contributed by atoms with Crippen LogP contribution in [0.2, 0.25) is 0 Å². The van der Waals surface area contributed by atoms with E-state index in [1.165, 1.54) is 18.5 Å². The van der Waals surface area contributed by atoms with E-state index in [4.69, 9.17) is 0 Å². The first kappa shape index (κ1) is 10.1. The van der Waals surface area contributed by atoms with Gasteiger partial charge in [0.1, 0.15) is 0 Å². The van der Waals surface area contributed by atoms with E-state index < -0.39 is 0 Å². The highest BCUT2D eigenvalue weighted by Crippen LogP contribution is 2.27. The SMILES string of the molecule is Cc1nc(CC2CCCCC2O)cs1. The first-order valence-electron chi connectivity index (χ1n) is 5.35. The van der Waals surface area contributed by atoms with E-state index in [-0.39, 0.29) is 6.10 Å². The molecule has 0 amide bonds. The van der Waals surface area contributed by atoms with Gasteiger partial charge in [-0.15, -0.1) is 11.3 Å². The van der Waals surface area contributed by atoms with Crippen LogP contribution in [-0.2, 0) is 6.42 Å². The van der Waals surface area contributed by atoms with Gasteiger partial charge in [0.05, 0.1) is 16.8 Å². The van der Waals surface area contributed by atoms with Crippen molar-refractivity contribution in [3.8, 4) is 0 Å². The molecule has 1 aliphatic carbocycles. The molecule has 0 bridgehead atoms. The maximum Gasteiger partial charge on any atom is 0.0897 e. The monoisotopic (exact) mass is 211 g/mol. The highest BCUT2D eigenvalue weighted by molar-refractivity contribution is 7.09. The van der Waals surface area contributed by atoms with E-state index in [0.29, 0.717) is 5.92 Å². The van der Waals surface area contributed by atoms with Gasteiger partial charge in [-0.25, -0.2) is 4.98 Å². The van der Waals surface area contributed by atoms with E-state index >= 15 is 0 Å². The summed E-state index contributed by atoms with van der Waals surface area (Å²) in [4.78, 5) is 4.45. The van der Waals surface area contributed by atoms with E-state index in [9.17, 15) is 5.11 Å². The van der Waals surface area contributed by atoms with Crippen LogP contribution in [0.4, 0.5) is 0 Å². The zero-order valence-corrected chi connectivity index (χ0v) is 9.39. The van der Waals surface area contributed by atoms with Crippen molar-refractivity contribution >= 4 is 11.3 Å². The molecule has 2 rings (SSSR count). The van der Waals surface area contributed by atoms with Crippen LogP contribution >= 0.6 is 11.3 Å². The number of aryl methyl sites for hydroxylation is 1. The van der Waals surface area contributed by atoms with Crippen LogP contribution in [0.5, 0.6) is 0 Å². The summed E-state index contributed by atoms with van der Waals surface area (Å²) in [5.41, 5.74) is 1.17. The number of rotatable bonds is 2. The number of aliphatic hydroxyl groups excluding tert-OH is 1. The summed E-state index contributed by atoms with van der Waals surface area (Å²) < 4.78 is 0. The fraction of sp³-hybridized carbons (Fsp3) is 0.727. The molecule has 1 aromatic rings. The van der Waals surface area contributed by atoms with Crippen LogP contribution in [0.1, 0.15) is 36.4 Å². The van der Waals surface area contributed by atoms with Gasteiger partial charge < -0.3 is 5.11 Å². The lowest BCUT2D eigenvalue weighted by molar-refractivity contribution is 0.0696. The predicted molar refractivity (Wildman–Crippen MR) is 58.5 cm³/mol. The quantitative estimate of drug-likeness (QED) is 0.815. The standard InChI is InChI=1S/C11H17NOS/c1-8-12-10(7-14-8)6-9-4-2-3-5-11(9)13/h7,9,11,13H,2-6H2,1H3. The minimum atomic E-state index is -0.0919. The number of hydrogen-bond donors (Lipinski definition) is 1. The van der Waals surface area contributed by atoms with Gasteiger partial charge in [0.15, 0.2) is 0 Å². The number of thiazole rings is 1. The second kappa shape index (κ2) is 4.41. The normalized spacial score (nSPS) is 27.9. The number of hydrogen-bond acceptors (Lipinski definition) is 3. The summed E-state index contributed by atoms with van der Waals surface area (Å²) in [6, 6.07) is 0. The van der Waals surface area contributed by atoms with Crippen molar-refractivity contribution in [1.82, 2.24) is 4.98 Å². The Morgan fingerprint density at radius 3 is 2.93 bits per heavy atom. The van der Waals surface area contributed by atoms with Gasteiger partial charge >= 0.3 is 0 Å². The second-order valence-corrected chi connectivity index (χ2v) is 5.24. The molecule has 1 heterocycles. The highest BCUT2D eigenvalue weighted by atomic mass is 32.1. The molecule has 1 aromatic heterocycles. The molecular formula is C11H17NOS. The maximum atomic E-state index is 9.81. The molecule has 0 spiro atoms. The minimum Gasteiger partial charge on any atom is -0.393 e. The summed E-state index contributed by atoms with van der Waals surface area (Å²) >= 11 is 1.70. The van der Waals surface area contributed by atoms with Gasteiger partial charge in [-0.3, -0.25) is 0 Å². The Labute approximate surface area is 89.0 Å². The summed E-state index contributed by atoms with van der Waals surface area (Å²) in [6.45, 7) is 2.03. The largest absolute Gasteiger partial charge is 0.393 e. The van der Waals surface area contributed by atoms with Gasteiger partial charge in [0, 0.05) is 5.38 Å². The third kappa shape index (κ3) is 2.34. The van der Waals surface area contributed by atoms with Crippen molar-refractivity contribution in [1.29, 1.82) is 0 Å². The smallest absolute Gasteiger partial charge is 0.0897 e. The number of aliphatic hydroxyl groups is 1. The molecule has 2 atom stereocenters. The summed E-state index contributed by atoms with van der Waals surface area (Å²) in [5.74, 6) is 0.449. The van der Waals surface area contributed by atoms with Crippen LogP contribution in [0.25, 0.3) is 0 Å². The van der Waals surface area contributed by atoms with Gasteiger partial charge in [0.25, 0.3) is 0 Å². The third-order valence-corrected chi connectivity index (χ3v) is 3.83. The van der Waals surface area contributed by atoms with Crippen molar-refractivity contribution in [3.05, 3.63) is 16.1 Å². The molecule has 1 saturated carbocycles. The van der Waals surface area contributed by atoms with E-state index in [1.54, 1.807) is 11.3 Å². The zero-order valence-electron chi connectivity index (χ0n) is 8.57. The van der Waals surface area contributed by atoms with Gasteiger partial charge in [0.2, 0.25) is 0 Å². The number of nitrogens with zero attached hydrogens (tertiary/aromatic N) is 1. The van der Waals surface area contributed by atoms with Crippen LogP contribution in [0.3, 0.4) is 0 Å². The van der Waals surface area contributed by atoms with Crippen LogP contribution in [-0.4, -0.2) is 16.2 Å². The predicted octanol–water partition coefficient (Wildman–Crippen LogP) is 2.55. The molecule has 14 heavy (non-hydrogen) atoms. The van der Waals surface area contributed by atoms with Gasteiger partial charge in [-0.2, -0.15) is 0 Å². The highest BCUT2D eigenvalue weighted by Gasteiger charge is 2.23. The Balaban J connectivity index is 1.95. The minimum absolute atomic E-state index is 0.0919. The van der Waals surface area contributed by atoms with Crippen molar-refractivity contribution in [3.63, 3.8) is 0 Å². The lowest BCUT2D eigenvalue weighted by Gasteiger charge is -2.26. The first-order chi connectivity index (χ1) is 6.75. The molecule has 1 N–H and O–H groups in total. The molecule has 0 saturated heterocycles. The van der Waals surface area contributed by atoms with E-state index in [1.807, 2.05) is 6.92 Å². The van der Waals surface area contributed by atoms with Crippen molar-refractivity contribution < 1.29 is 5.11 Å². The number of aromatic nitrogens is 1. The van der Waals surface area contributed by atoms with Gasteiger partial charge in [-0.1, -0.05) is 12.8 Å². The molecule has 1 aliphatic rings. The Morgan fingerprint density at radius 1 is 1.50 bits per heavy atom. The van der Waals surface area contributed by atoms with Crippen LogP contribution in [0.15, 0.2) is 5.38 Å². The molecule has 0 aliphatic heterocycles. The molecule has 3 heteroatoms. The molecule has 2 unspecified atom stereocenters. The fourth-order valence-electron chi connectivity index (χ4n) is 2.20. The maximum absolute atomic E-state index is 9.81. The van der Waals surface area contributed by atoms with E-state index in [2.05, 4.69) is 10.4 Å². The Morgan fingerprint density at radius 2 is 2.29 bits per heavy atom. The second-order valence-electron chi connectivity index (χ2n) is 4.17. The Bertz CT molecular complexity index is 297.